The van der Waals surface area contributed by atoms with Crippen LogP contribution >= 0.6 is 0 Å². The quantitative estimate of drug-likeness (QED) is 0.671. The predicted octanol–water partition coefficient (Wildman–Crippen LogP) is 3.83. The number of halogens is 4. The van der Waals surface area contributed by atoms with E-state index < -0.39 is 23.5 Å². The van der Waals surface area contributed by atoms with Gasteiger partial charge in [-0.15, -0.1) is 0 Å². The molecule has 0 spiro atoms. The van der Waals surface area contributed by atoms with Crippen LogP contribution in [0, 0.1) is 5.82 Å². The average molecular weight is 484 g/mol. The number of nitrogens with zero attached hydrogens (tertiary/aromatic N) is 2. The fraction of sp³-hybridized carbons (Fsp3) is 0.417. The van der Waals surface area contributed by atoms with Crippen molar-refractivity contribution in [3.8, 4) is 0 Å². The minimum Gasteiger partial charge on any atom is -0.379 e. The number of alkyl halides is 3. The Morgan fingerprint density at radius 2 is 1.74 bits per heavy atom. The molecule has 2 amide bonds. The third kappa shape index (κ3) is 7.81. The van der Waals surface area contributed by atoms with Gasteiger partial charge < -0.3 is 15.4 Å². The smallest absolute Gasteiger partial charge is 0.379 e. The normalized spacial score (nSPS) is 15.6. The molecule has 0 atom stereocenters. The molecule has 0 bridgehead atoms. The Morgan fingerprint density at radius 3 is 2.32 bits per heavy atom. The highest BCUT2D eigenvalue weighted by Gasteiger charge is 2.31. The zero-order chi connectivity index (χ0) is 25.3. The van der Waals surface area contributed by atoms with Crippen LogP contribution in [0.3, 0.4) is 0 Å². The van der Waals surface area contributed by atoms with Crippen molar-refractivity contribution >= 4 is 11.8 Å². The predicted molar refractivity (Wildman–Crippen MR) is 119 cm³/mol. The maximum Gasteiger partial charge on any atom is 0.416 e. The number of hydrogen-bond donors (Lipinski definition) is 1. The van der Waals surface area contributed by atoms with E-state index in [2.05, 4.69) is 0 Å². The molecule has 34 heavy (non-hydrogen) atoms. The maximum atomic E-state index is 13.2. The highest BCUT2D eigenvalue weighted by molar-refractivity contribution is 6.00. The van der Waals surface area contributed by atoms with Gasteiger partial charge in [0.05, 0.1) is 25.3 Å². The lowest BCUT2D eigenvalue weighted by Crippen LogP contribution is -2.35. The molecule has 2 heterocycles. The van der Waals surface area contributed by atoms with E-state index in [1.165, 1.54) is 4.90 Å². The molecule has 1 fully saturated rings. The first-order valence-corrected chi connectivity index (χ1v) is 11.0. The van der Waals surface area contributed by atoms with Crippen molar-refractivity contribution in [2.75, 3.05) is 32.8 Å². The van der Waals surface area contributed by atoms with E-state index in [0.29, 0.717) is 56.6 Å². The van der Waals surface area contributed by atoms with Crippen LogP contribution < -0.4 is 5.73 Å². The number of hydrogen-bond acceptors (Lipinski definition) is 4. The molecule has 1 saturated heterocycles. The summed E-state index contributed by atoms with van der Waals surface area (Å²) in [6.45, 7) is 7.20. The van der Waals surface area contributed by atoms with E-state index in [1.807, 2.05) is 36.9 Å². The number of carbonyl (C=O) groups is 2. The van der Waals surface area contributed by atoms with Crippen molar-refractivity contribution in [3.63, 3.8) is 0 Å². The van der Waals surface area contributed by atoms with Crippen LogP contribution in [0.1, 0.15) is 40.9 Å². The number of morpholine rings is 1. The van der Waals surface area contributed by atoms with Gasteiger partial charge in [-0.1, -0.05) is 32.0 Å². The molecule has 2 aliphatic heterocycles. The summed E-state index contributed by atoms with van der Waals surface area (Å²) in [6.07, 6.45) is -4.51. The Morgan fingerprint density at radius 1 is 1.09 bits per heavy atom. The number of carbonyl (C=O) groups excluding carboxylic acids is 2. The molecule has 0 saturated carbocycles. The van der Waals surface area contributed by atoms with Gasteiger partial charge in [-0.2, -0.15) is 13.2 Å². The van der Waals surface area contributed by atoms with E-state index in [-0.39, 0.29) is 12.5 Å². The molecule has 2 aromatic rings. The highest BCUT2D eigenvalue weighted by Crippen LogP contribution is 2.30. The summed E-state index contributed by atoms with van der Waals surface area (Å²) >= 11 is 0. The molecule has 0 unspecified atom stereocenters. The van der Waals surface area contributed by atoms with Gasteiger partial charge in [0.1, 0.15) is 5.82 Å². The summed E-state index contributed by atoms with van der Waals surface area (Å²) in [5.74, 6) is -1.45. The minimum absolute atomic E-state index is 0.00644. The molecule has 6 nitrogen and oxygen atoms in total. The first-order chi connectivity index (χ1) is 16.1. The average Bonchev–Trinajstić information content (AvgIpc) is 3.10. The van der Waals surface area contributed by atoms with Crippen molar-refractivity contribution in [2.24, 2.45) is 5.73 Å². The van der Waals surface area contributed by atoms with Crippen LogP contribution in [0.25, 0.3) is 0 Å². The third-order valence-corrected chi connectivity index (χ3v) is 5.04. The second kappa shape index (κ2) is 12.5. The largest absolute Gasteiger partial charge is 0.416 e. The van der Waals surface area contributed by atoms with Gasteiger partial charge in [0.25, 0.3) is 5.91 Å². The Hall–Kier alpha value is -2.98. The number of ether oxygens (including phenoxy) is 1. The number of fused-ring (bicyclic) bond motifs is 1. The SMILES string of the molecule is CC.Fc1cc(CN2CCOCC2)cc(C(F)(F)F)c1.NC(=O)CN1Cc2ccccc2C1=O. The topological polar surface area (TPSA) is 75.9 Å². The molecule has 2 aliphatic rings. The second-order valence-electron chi connectivity index (χ2n) is 7.52. The lowest BCUT2D eigenvalue weighted by Gasteiger charge is -2.26. The van der Waals surface area contributed by atoms with E-state index in [1.54, 1.807) is 6.07 Å². The van der Waals surface area contributed by atoms with Crippen molar-refractivity contribution in [1.29, 1.82) is 0 Å². The van der Waals surface area contributed by atoms with Crippen LogP contribution in [-0.2, 0) is 28.8 Å². The van der Waals surface area contributed by atoms with Crippen LogP contribution in [0.15, 0.2) is 42.5 Å². The van der Waals surface area contributed by atoms with Crippen molar-refractivity contribution < 1.29 is 31.9 Å². The summed E-state index contributed by atoms with van der Waals surface area (Å²) in [6, 6.07) is 9.99. The third-order valence-electron chi connectivity index (χ3n) is 5.04. The van der Waals surface area contributed by atoms with Crippen LogP contribution in [0.2, 0.25) is 0 Å². The molecule has 186 valence electrons. The molecule has 4 rings (SSSR count). The van der Waals surface area contributed by atoms with Crippen molar-refractivity contribution in [1.82, 2.24) is 9.80 Å². The van der Waals surface area contributed by atoms with E-state index in [4.69, 9.17) is 10.5 Å². The summed E-state index contributed by atoms with van der Waals surface area (Å²) in [7, 11) is 0. The highest BCUT2D eigenvalue weighted by atomic mass is 19.4. The number of nitrogens with two attached hydrogens (primary N) is 1. The van der Waals surface area contributed by atoms with Crippen molar-refractivity contribution in [2.45, 2.75) is 33.1 Å². The fourth-order valence-electron chi connectivity index (χ4n) is 3.55. The van der Waals surface area contributed by atoms with Crippen LogP contribution in [0.4, 0.5) is 17.6 Å². The summed E-state index contributed by atoms with van der Waals surface area (Å²) in [4.78, 5) is 25.7. The number of rotatable bonds is 4. The van der Waals surface area contributed by atoms with E-state index >= 15 is 0 Å². The van der Waals surface area contributed by atoms with Gasteiger partial charge in [0.2, 0.25) is 5.91 Å². The summed E-state index contributed by atoms with van der Waals surface area (Å²) in [5, 5.41) is 0. The molecule has 0 radical (unpaired) electrons. The van der Waals surface area contributed by atoms with E-state index in [9.17, 15) is 27.2 Å². The van der Waals surface area contributed by atoms with Crippen LogP contribution in [0.5, 0.6) is 0 Å². The summed E-state index contributed by atoms with van der Waals surface area (Å²) in [5.41, 5.74) is 6.07. The van der Waals surface area contributed by atoms with Gasteiger partial charge in [-0.3, -0.25) is 14.5 Å². The lowest BCUT2D eigenvalue weighted by molar-refractivity contribution is -0.137. The van der Waals surface area contributed by atoms with Gasteiger partial charge in [-0.25, -0.2) is 4.39 Å². The molecule has 0 aliphatic carbocycles. The van der Waals surface area contributed by atoms with Gasteiger partial charge in [-0.05, 0) is 35.4 Å². The van der Waals surface area contributed by atoms with E-state index in [0.717, 1.165) is 17.7 Å². The van der Waals surface area contributed by atoms with Crippen molar-refractivity contribution in [3.05, 3.63) is 70.5 Å². The zero-order valence-corrected chi connectivity index (χ0v) is 19.2. The number of benzene rings is 2. The molecular formula is C24H29F4N3O3. The van der Waals surface area contributed by atoms with Gasteiger partial charge in [0, 0.05) is 31.7 Å². The van der Waals surface area contributed by atoms with Gasteiger partial charge >= 0.3 is 6.18 Å². The monoisotopic (exact) mass is 483 g/mol. The second-order valence-corrected chi connectivity index (χ2v) is 7.52. The first-order valence-electron chi connectivity index (χ1n) is 11.0. The molecule has 10 heteroatoms. The molecule has 2 aromatic carbocycles. The Kier molecular flexibility index (Phi) is 10.0. The summed E-state index contributed by atoms with van der Waals surface area (Å²) < 4.78 is 55.9. The Bertz CT molecular complexity index is 976. The van der Waals surface area contributed by atoms with Gasteiger partial charge in [0.15, 0.2) is 0 Å². The lowest BCUT2D eigenvalue weighted by atomic mass is 10.1. The fourth-order valence-corrected chi connectivity index (χ4v) is 3.55. The molecule has 2 N–H and O–H groups in total. The molecule has 0 aromatic heterocycles. The number of primary amides is 1. The first kappa shape index (κ1) is 27.3. The number of amides is 2. The minimum atomic E-state index is -4.51. The molecular weight excluding hydrogens is 454 g/mol. The van der Waals surface area contributed by atoms with Crippen LogP contribution in [-0.4, -0.2) is 54.5 Å². The standard InChI is InChI=1S/C12H13F4NO.C10H10N2O2.C2H6/c13-11-6-9(5-10(7-11)12(14,15)16)8-17-1-3-18-4-2-17;11-9(13)6-12-5-7-3-1-2-4-8(7)10(12)14;1-2/h5-7H,1-4,8H2;1-4H,5-6H2,(H2,11,13);1-2H3. The maximum absolute atomic E-state index is 13.2. The zero-order valence-electron chi connectivity index (χ0n) is 19.2. The Balaban J connectivity index is 0.000000230. The Labute approximate surface area is 196 Å².